The lowest BCUT2D eigenvalue weighted by atomic mass is 9.91. The van der Waals surface area contributed by atoms with E-state index in [4.69, 9.17) is 10.1 Å². The first-order chi connectivity index (χ1) is 19.8. The molecular weight excluding hydrogens is 537 g/mol. The maximum atomic E-state index is 14.2. The van der Waals surface area contributed by atoms with Gasteiger partial charge in [0, 0.05) is 16.8 Å². The first-order valence-electron chi connectivity index (χ1n) is 13.7. The summed E-state index contributed by atoms with van der Waals surface area (Å²) in [7, 11) is 1.61. The molecule has 0 bridgehead atoms. The molecule has 0 amide bonds. The third-order valence-corrected chi connectivity index (χ3v) is 6.98. The number of alkyl halides is 3. The van der Waals surface area contributed by atoms with E-state index < -0.39 is 11.7 Å². The minimum absolute atomic E-state index is 0.0414. The number of ether oxygens (including phenoxy) is 1. The van der Waals surface area contributed by atoms with Crippen LogP contribution in [0.1, 0.15) is 56.6 Å². The zero-order chi connectivity index (χ0) is 31.0. The number of benzene rings is 1. The zero-order valence-corrected chi connectivity index (χ0v) is 24.5. The highest BCUT2D eigenvalue weighted by molar-refractivity contribution is 6.18. The van der Waals surface area contributed by atoms with Crippen molar-refractivity contribution in [2.24, 2.45) is 4.99 Å². The van der Waals surface area contributed by atoms with Gasteiger partial charge in [0.1, 0.15) is 5.76 Å². The summed E-state index contributed by atoms with van der Waals surface area (Å²) < 4.78 is 48.2. The first-order valence-corrected chi connectivity index (χ1v) is 13.7. The van der Waals surface area contributed by atoms with E-state index in [9.17, 15) is 18.0 Å². The Morgan fingerprint density at radius 2 is 1.83 bits per heavy atom. The van der Waals surface area contributed by atoms with E-state index in [1.54, 1.807) is 38.3 Å². The van der Waals surface area contributed by atoms with Crippen molar-refractivity contribution in [3.63, 3.8) is 0 Å². The van der Waals surface area contributed by atoms with Crippen LogP contribution in [0.5, 0.6) is 0 Å². The second-order valence-corrected chi connectivity index (χ2v) is 10.5. The number of hydrogen-bond acceptors (Lipinski definition) is 4. The number of methoxy groups -OCH3 is 1. The number of aryl methyl sites for hydroxylation is 1. The number of aliphatic imine (C=N–C) groups is 1. The van der Waals surface area contributed by atoms with E-state index in [-0.39, 0.29) is 41.3 Å². The van der Waals surface area contributed by atoms with Gasteiger partial charge >= 0.3 is 6.18 Å². The van der Waals surface area contributed by atoms with Crippen molar-refractivity contribution in [2.75, 3.05) is 7.11 Å². The summed E-state index contributed by atoms with van der Waals surface area (Å²) in [5.41, 5.74) is 4.19. The summed E-state index contributed by atoms with van der Waals surface area (Å²) in [6, 6.07) is 4.94. The summed E-state index contributed by atoms with van der Waals surface area (Å²) in [5.74, 6) is 0.350. The van der Waals surface area contributed by atoms with Gasteiger partial charge in [0.15, 0.2) is 5.78 Å². The van der Waals surface area contributed by atoms with Gasteiger partial charge in [0.25, 0.3) is 0 Å². The van der Waals surface area contributed by atoms with E-state index >= 15 is 0 Å². The molecule has 0 spiro atoms. The minimum Gasteiger partial charge on any atom is -0.496 e. The predicted octanol–water partition coefficient (Wildman–Crippen LogP) is 9.49. The van der Waals surface area contributed by atoms with Crippen molar-refractivity contribution in [2.45, 2.75) is 58.5 Å². The van der Waals surface area contributed by atoms with E-state index in [0.29, 0.717) is 24.2 Å². The summed E-state index contributed by atoms with van der Waals surface area (Å²) in [4.78, 5) is 16.3. The molecule has 0 saturated heterocycles. The lowest BCUT2D eigenvalue weighted by Crippen LogP contribution is -2.22. The Kier molecular flexibility index (Phi) is 10.8. The predicted molar refractivity (Wildman–Crippen MR) is 165 cm³/mol. The Morgan fingerprint density at radius 3 is 2.50 bits per heavy atom. The molecule has 0 fully saturated rings. The van der Waals surface area contributed by atoms with Gasteiger partial charge in [0.2, 0.25) is 0 Å². The average molecular weight is 575 g/mol. The van der Waals surface area contributed by atoms with Gasteiger partial charge in [-0.15, -0.1) is 0 Å². The highest BCUT2D eigenvalue weighted by atomic mass is 19.4. The molecule has 1 aromatic rings. The highest BCUT2D eigenvalue weighted by Crippen LogP contribution is 2.35. The second kappa shape index (κ2) is 14.1. The Hall–Kier alpha value is -4.26. The Morgan fingerprint density at radius 1 is 1.10 bits per heavy atom. The molecule has 2 aliphatic rings. The van der Waals surface area contributed by atoms with Crippen LogP contribution >= 0.6 is 0 Å². The Bertz CT molecular complexity index is 1490. The van der Waals surface area contributed by atoms with Crippen LogP contribution in [0.4, 0.5) is 18.9 Å². The fraction of sp³-hybridized carbons (Fsp3) is 0.286. The monoisotopic (exact) mass is 574 g/mol. The van der Waals surface area contributed by atoms with Gasteiger partial charge in [-0.25, -0.2) is 4.99 Å². The number of allylic oxidation sites excluding steroid dienone is 11. The standard InChI is InChI=1S/C35H37F3N2O2/c1-7-28(41)21-31(39)29-18-22(2)14-15-32(29)40-34-25(5)19-26(11-9-13-30(34)35(36,37)38)10-8-12-27-17-23(3)16-24(4)33(20-27)42-6/h7,13-20,39H,1,4-5,8-12,21H2,2-3,6H3/b26-19-,30-13?,39-31?,40-34?. The number of rotatable bonds is 10. The SMILES string of the molecule is C=CC(=O)CC(=N)c1cc(C)ccc1N=C1C(=C)/C=C(/CCCC2=CC(C)=CC(=C)C(OC)=C2)CCC=C1C(F)(F)F. The van der Waals surface area contributed by atoms with Gasteiger partial charge in [-0.1, -0.05) is 60.7 Å². The van der Waals surface area contributed by atoms with Crippen LogP contribution in [0.25, 0.3) is 0 Å². The lowest BCUT2D eigenvalue weighted by molar-refractivity contribution is -0.113. The number of halogens is 3. The molecule has 0 saturated carbocycles. The maximum Gasteiger partial charge on any atom is 0.418 e. The van der Waals surface area contributed by atoms with Crippen molar-refractivity contribution in [3.05, 3.63) is 125 Å². The molecule has 42 heavy (non-hydrogen) atoms. The number of nitrogens with zero attached hydrogens (tertiary/aromatic N) is 1. The minimum atomic E-state index is -4.64. The molecule has 1 N–H and O–H groups in total. The molecule has 0 radical (unpaired) electrons. The van der Waals surface area contributed by atoms with Crippen molar-refractivity contribution in [3.8, 4) is 0 Å². The Balaban J connectivity index is 1.93. The molecule has 4 nitrogen and oxygen atoms in total. The number of carbonyl (C=O) groups excluding carboxylic acids is 1. The maximum absolute atomic E-state index is 14.2. The van der Waals surface area contributed by atoms with Crippen LogP contribution in [0.2, 0.25) is 0 Å². The third kappa shape index (κ3) is 8.62. The van der Waals surface area contributed by atoms with Crippen molar-refractivity contribution in [1.29, 1.82) is 5.41 Å². The molecule has 1 aromatic carbocycles. The molecule has 0 aliphatic heterocycles. The fourth-order valence-corrected chi connectivity index (χ4v) is 4.93. The molecule has 3 rings (SSSR count). The van der Waals surface area contributed by atoms with Crippen molar-refractivity contribution in [1.82, 2.24) is 0 Å². The third-order valence-electron chi connectivity index (χ3n) is 6.98. The number of hydrogen-bond donors (Lipinski definition) is 1. The quantitative estimate of drug-likeness (QED) is 0.223. The number of ketones is 1. The van der Waals surface area contributed by atoms with E-state index in [2.05, 4.69) is 30.8 Å². The fourth-order valence-electron chi connectivity index (χ4n) is 4.93. The van der Waals surface area contributed by atoms with E-state index in [1.165, 1.54) is 6.08 Å². The summed E-state index contributed by atoms with van der Waals surface area (Å²) in [6.45, 7) is 15.3. The van der Waals surface area contributed by atoms with Crippen LogP contribution in [0.15, 0.2) is 119 Å². The second-order valence-electron chi connectivity index (χ2n) is 10.5. The highest BCUT2D eigenvalue weighted by Gasteiger charge is 2.38. The van der Waals surface area contributed by atoms with Gasteiger partial charge < -0.3 is 10.1 Å². The molecule has 0 unspecified atom stereocenters. The van der Waals surface area contributed by atoms with Crippen molar-refractivity contribution >= 4 is 22.9 Å². The molecular formula is C35H37F3N2O2. The number of nitrogens with one attached hydrogen (secondary N) is 1. The van der Waals surface area contributed by atoms with Gasteiger partial charge in [-0.2, -0.15) is 13.2 Å². The smallest absolute Gasteiger partial charge is 0.418 e. The normalized spacial score (nSPS) is 18.4. The molecule has 2 aliphatic carbocycles. The van der Waals surface area contributed by atoms with E-state index in [0.717, 1.165) is 46.8 Å². The Labute approximate surface area is 246 Å². The average Bonchev–Trinajstić information content (AvgIpc) is 3.05. The van der Waals surface area contributed by atoms with Crippen LogP contribution in [-0.2, 0) is 9.53 Å². The lowest BCUT2D eigenvalue weighted by Gasteiger charge is -2.20. The van der Waals surface area contributed by atoms with Crippen LogP contribution < -0.4 is 0 Å². The molecule has 220 valence electrons. The number of carbonyl (C=O) groups is 1. The summed E-state index contributed by atoms with van der Waals surface area (Å²) in [5, 5.41) is 8.44. The summed E-state index contributed by atoms with van der Waals surface area (Å²) in [6.07, 6.45) is 8.09. The van der Waals surface area contributed by atoms with Gasteiger partial charge in [-0.3, -0.25) is 4.79 Å². The summed E-state index contributed by atoms with van der Waals surface area (Å²) >= 11 is 0. The van der Waals surface area contributed by atoms with Crippen molar-refractivity contribution < 1.29 is 22.7 Å². The molecule has 0 aromatic heterocycles. The van der Waals surface area contributed by atoms with Crippen LogP contribution in [0, 0.1) is 12.3 Å². The van der Waals surface area contributed by atoms with Gasteiger partial charge in [0.05, 0.1) is 30.5 Å². The zero-order valence-electron chi connectivity index (χ0n) is 24.5. The molecule has 0 heterocycles. The van der Waals surface area contributed by atoms with Gasteiger partial charge in [-0.05, 0) is 87.5 Å². The van der Waals surface area contributed by atoms with Crippen LogP contribution in [-0.4, -0.2) is 30.5 Å². The first kappa shape index (κ1) is 32.3. The van der Waals surface area contributed by atoms with Crippen LogP contribution in [0.3, 0.4) is 0 Å². The largest absolute Gasteiger partial charge is 0.496 e. The molecule has 0 atom stereocenters. The molecule has 7 heteroatoms. The van der Waals surface area contributed by atoms with E-state index in [1.807, 2.05) is 19.1 Å². The topological polar surface area (TPSA) is 62.5 Å².